The van der Waals surface area contributed by atoms with E-state index in [-0.39, 0.29) is 5.56 Å². The van der Waals surface area contributed by atoms with Crippen molar-refractivity contribution in [3.63, 3.8) is 0 Å². The molecule has 0 atom stereocenters. The van der Waals surface area contributed by atoms with Crippen LogP contribution in [0.4, 0.5) is 13.2 Å². The Kier molecular flexibility index (Phi) is 3.15. The first-order valence-corrected chi connectivity index (χ1v) is 5.54. The largest absolute Gasteiger partial charge is 0.573 e. The molecule has 1 aromatic carbocycles. The van der Waals surface area contributed by atoms with Crippen LogP contribution in [0.25, 0.3) is 0 Å². The van der Waals surface area contributed by atoms with Gasteiger partial charge in [-0.2, -0.15) is 0 Å². The Morgan fingerprint density at radius 2 is 1.88 bits per heavy atom. The Morgan fingerprint density at radius 3 is 2.31 bits per heavy atom. The van der Waals surface area contributed by atoms with E-state index in [0.29, 0.717) is 0 Å². The molecule has 0 amide bonds. The number of alkyl halides is 3. The summed E-state index contributed by atoms with van der Waals surface area (Å²) in [4.78, 5) is -0.660. The number of nitrogens with two attached hydrogens (primary N) is 1. The predicted octanol–water partition coefficient (Wildman–Crippen LogP) is 1.54. The second kappa shape index (κ2) is 3.95. The molecule has 1 aromatic rings. The topological polar surface area (TPSA) is 69.4 Å². The summed E-state index contributed by atoms with van der Waals surface area (Å²) in [7, 11) is -4.26. The average molecular weight is 255 g/mol. The average Bonchev–Trinajstić information content (AvgIpc) is 1.97. The highest BCUT2D eigenvalue weighted by atomic mass is 32.2. The van der Waals surface area contributed by atoms with Crippen molar-refractivity contribution in [3.8, 4) is 5.75 Å². The molecule has 0 saturated carbocycles. The van der Waals surface area contributed by atoms with Gasteiger partial charge in [-0.15, -0.1) is 13.2 Å². The van der Waals surface area contributed by atoms with E-state index in [1.54, 1.807) is 0 Å². The van der Waals surface area contributed by atoms with Gasteiger partial charge in [-0.1, -0.05) is 12.1 Å². The van der Waals surface area contributed by atoms with E-state index in [9.17, 15) is 21.6 Å². The molecule has 1 rings (SSSR count). The quantitative estimate of drug-likeness (QED) is 0.871. The molecule has 0 aliphatic carbocycles. The van der Waals surface area contributed by atoms with E-state index in [1.807, 2.05) is 0 Å². The molecule has 2 N–H and O–H groups in total. The molecule has 4 nitrogen and oxygen atoms in total. The van der Waals surface area contributed by atoms with Crippen LogP contribution in [0.5, 0.6) is 5.75 Å². The molecule has 0 aromatic heterocycles. The lowest BCUT2D eigenvalue weighted by Crippen LogP contribution is -2.21. The Bertz CT molecular complexity index is 496. The summed E-state index contributed by atoms with van der Waals surface area (Å²) in [6.45, 7) is 1.32. The van der Waals surface area contributed by atoms with Crippen LogP contribution in [0.1, 0.15) is 5.56 Å². The SMILES string of the molecule is Cc1cccc(OC(F)(F)F)c1S(N)(=O)=O. The molecule has 0 aliphatic heterocycles. The third-order valence-electron chi connectivity index (χ3n) is 1.69. The molecule has 90 valence electrons. The number of aryl methyl sites for hydroxylation is 1. The van der Waals surface area contributed by atoms with E-state index >= 15 is 0 Å². The minimum atomic E-state index is -4.97. The molecule has 16 heavy (non-hydrogen) atoms. The van der Waals surface area contributed by atoms with Gasteiger partial charge >= 0.3 is 6.36 Å². The van der Waals surface area contributed by atoms with Crippen molar-refractivity contribution in [2.45, 2.75) is 18.2 Å². The van der Waals surface area contributed by atoms with Gasteiger partial charge in [0, 0.05) is 0 Å². The van der Waals surface area contributed by atoms with E-state index < -0.39 is 27.0 Å². The third-order valence-corrected chi connectivity index (χ3v) is 2.78. The van der Waals surface area contributed by atoms with Crippen molar-refractivity contribution in [2.75, 3.05) is 0 Å². The number of halogens is 3. The summed E-state index contributed by atoms with van der Waals surface area (Å²) in [5, 5.41) is 4.80. The van der Waals surface area contributed by atoms with Crippen molar-refractivity contribution >= 4 is 10.0 Å². The van der Waals surface area contributed by atoms with E-state index in [1.165, 1.54) is 19.1 Å². The molecule has 0 bridgehead atoms. The Morgan fingerprint density at radius 1 is 1.31 bits per heavy atom. The number of sulfonamides is 1. The summed E-state index contributed by atoms with van der Waals surface area (Å²) in [6, 6.07) is 3.45. The standard InChI is InChI=1S/C8H8F3NO3S/c1-5-3-2-4-6(15-8(9,10)11)7(5)16(12,13)14/h2-4H,1H3,(H2,12,13,14). The number of hydrogen-bond acceptors (Lipinski definition) is 3. The van der Waals surface area contributed by atoms with Gasteiger partial charge in [0.2, 0.25) is 10.0 Å². The van der Waals surface area contributed by atoms with Crippen molar-refractivity contribution in [2.24, 2.45) is 5.14 Å². The lowest BCUT2D eigenvalue weighted by atomic mass is 10.2. The summed E-state index contributed by atoms with van der Waals surface area (Å²) in [6.07, 6.45) is -4.97. The van der Waals surface area contributed by atoms with Gasteiger partial charge in [0.25, 0.3) is 0 Å². The van der Waals surface area contributed by atoms with Crippen LogP contribution in [0.15, 0.2) is 23.1 Å². The van der Waals surface area contributed by atoms with Gasteiger partial charge in [-0.3, -0.25) is 0 Å². The van der Waals surface area contributed by atoms with Crippen molar-refractivity contribution in [1.29, 1.82) is 0 Å². The lowest BCUT2D eigenvalue weighted by Gasteiger charge is -2.13. The van der Waals surface area contributed by atoms with Crippen LogP contribution in [0, 0.1) is 6.92 Å². The van der Waals surface area contributed by atoms with E-state index in [2.05, 4.69) is 4.74 Å². The smallest absolute Gasteiger partial charge is 0.404 e. The van der Waals surface area contributed by atoms with Crippen molar-refractivity contribution < 1.29 is 26.3 Å². The van der Waals surface area contributed by atoms with E-state index in [4.69, 9.17) is 5.14 Å². The van der Waals surface area contributed by atoms with Crippen LogP contribution >= 0.6 is 0 Å². The van der Waals surface area contributed by atoms with Crippen LogP contribution in [0.2, 0.25) is 0 Å². The normalized spacial score (nSPS) is 12.6. The molecule has 0 aliphatic rings. The molecule has 0 fully saturated rings. The zero-order chi connectivity index (χ0) is 12.6. The fourth-order valence-corrected chi connectivity index (χ4v) is 2.10. The number of primary sulfonamides is 1. The Labute approximate surface area is 89.9 Å². The summed E-state index contributed by atoms with van der Waals surface area (Å²) < 4.78 is 61.7. The highest BCUT2D eigenvalue weighted by Gasteiger charge is 2.33. The fraction of sp³-hybridized carbons (Fsp3) is 0.250. The number of rotatable bonds is 2. The highest BCUT2D eigenvalue weighted by molar-refractivity contribution is 7.89. The molecule has 0 radical (unpaired) electrons. The molecular formula is C8H8F3NO3S. The number of benzene rings is 1. The lowest BCUT2D eigenvalue weighted by molar-refractivity contribution is -0.275. The number of ether oxygens (including phenoxy) is 1. The molecule has 0 saturated heterocycles. The summed E-state index contributed by atoms with van der Waals surface area (Å²) in [5.41, 5.74) is 0.0873. The van der Waals surface area contributed by atoms with Crippen LogP contribution in [-0.4, -0.2) is 14.8 Å². The first kappa shape index (κ1) is 12.8. The maximum absolute atomic E-state index is 12.0. The molecular weight excluding hydrogens is 247 g/mol. The molecule has 0 unspecified atom stereocenters. The molecule has 0 heterocycles. The van der Waals surface area contributed by atoms with Crippen molar-refractivity contribution in [3.05, 3.63) is 23.8 Å². The highest BCUT2D eigenvalue weighted by Crippen LogP contribution is 2.30. The summed E-state index contributed by atoms with van der Waals surface area (Å²) >= 11 is 0. The zero-order valence-electron chi connectivity index (χ0n) is 8.08. The maximum Gasteiger partial charge on any atom is 0.573 e. The molecule has 8 heteroatoms. The molecule has 0 spiro atoms. The number of hydrogen-bond donors (Lipinski definition) is 1. The van der Waals surface area contributed by atoms with Crippen molar-refractivity contribution in [1.82, 2.24) is 0 Å². The minimum absolute atomic E-state index is 0.0873. The monoisotopic (exact) mass is 255 g/mol. The summed E-state index contributed by atoms with van der Waals surface area (Å²) in [5.74, 6) is -0.824. The van der Waals surface area contributed by atoms with Gasteiger partial charge in [0.15, 0.2) is 0 Å². The predicted molar refractivity (Wildman–Crippen MR) is 49.2 cm³/mol. The maximum atomic E-state index is 12.0. The van der Waals surface area contributed by atoms with Gasteiger partial charge in [0.1, 0.15) is 10.6 Å². The second-order valence-corrected chi connectivity index (χ2v) is 4.49. The second-order valence-electron chi connectivity index (χ2n) is 2.99. The first-order valence-electron chi connectivity index (χ1n) is 3.99. The van der Waals surface area contributed by atoms with Crippen LogP contribution in [-0.2, 0) is 10.0 Å². The van der Waals surface area contributed by atoms with Gasteiger partial charge in [-0.05, 0) is 18.6 Å². The third kappa shape index (κ3) is 3.11. The van der Waals surface area contributed by atoms with Gasteiger partial charge < -0.3 is 4.74 Å². The first-order chi connectivity index (χ1) is 7.11. The Balaban J connectivity index is 3.36. The van der Waals surface area contributed by atoms with Crippen LogP contribution < -0.4 is 9.88 Å². The zero-order valence-corrected chi connectivity index (χ0v) is 8.89. The van der Waals surface area contributed by atoms with Crippen LogP contribution in [0.3, 0.4) is 0 Å². The van der Waals surface area contributed by atoms with Gasteiger partial charge in [-0.25, -0.2) is 13.6 Å². The minimum Gasteiger partial charge on any atom is -0.404 e. The Hall–Kier alpha value is -1.28. The van der Waals surface area contributed by atoms with E-state index in [0.717, 1.165) is 6.07 Å². The fourth-order valence-electron chi connectivity index (χ4n) is 1.20. The van der Waals surface area contributed by atoms with Gasteiger partial charge in [0.05, 0.1) is 0 Å².